The summed E-state index contributed by atoms with van der Waals surface area (Å²) in [6.07, 6.45) is 3.63. The summed E-state index contributed by atoms with van der Waals surface area (Å²) in [5, 5.41) is 3.56. The van der Waals surface area contributed by atoms with Gasteiger partial charge in [-0.15, -0.1) is 0 Å². The monoisotopic (exact) mass is 232 g/mol. The Morgan fingerprint density at radius 3 is 2.65 bits per heavy atom. The molecule has 0 aliphatic rings. The maximum atomic E-state index is 3.56. The Morgan fingerprint density at radius 2 is 2.00 bits per heavy atom. The summed E-state index contributed by atoms with van der Waals surface area (Å²) >= 11 is 0. The molecule has 1 rings (SSSR count). The molecule has 0 heterocycles. The number of hydrogen-bond acceptors (Lipinski definition) is 1. The minimum atomic E-state index is 0.591. The molecule has 0 spiro atoms. The molecule has 0 bridgehead atoms. The van der Waals surface area contributed by atoms with Crippen LogP contribution in [0.1, 0.15) is 51.7 Å². The molecule has 1 unspecified atom stereocenters. The maximum Gasteiger partial charge on any atom is 0.0210 e. The summed E-state index contributed by atoms with van der Waals surface area (Å²) in [6.45, 7) is 9.99. The first-order valence-electron chi connectivity index (χ1n) is 6.84. The highest BCUT2D eigenvalue weighted by Gasteiger charge is 2.04. The number of hydrogen-bond donors (Lipinski definition) is 1. The molecule has 17 heavy (non-hydrogen) atoms. The van der Waals surface area contributed by atoms with Crippen molar-refractivity contribution in [2.45, 2.75) is 59.5 Å². The predicted octanol–water partition coefficient (Wildman–Crippen LogP) is 3.96. The molecule has 0 saturated heterocycles. The Bertz CT molecular complexity index is 317. The zero-order chi connectivity index (χ0) is 12.7. The van der Waals surface area contributed by atoms with Crippen molar-refractivity contribution in [3.63, 3.8) is 0 Å². The third-order valence-electron chi connectivity index (χ3n) is 3.30. The molecule has 1 radical (unpaired) electrons. The van der Waals surface area contributed by atoms with E-state index in [1.165, 1.54) is 30.4 Å². The lowest BCUT2D eigenvalue weighted by molar-refractivity contribution is 0.529. The first-order valence-corrected chi connectivity index (χ1v) is 6.84. The fraction of sp³-hybridized carbons (Fsp3) is 0.625. The molecule has 0 aliphatic carbocycles. The third kappa shape index (κ3) is 5.36. The molecule has 1 heteroatoms. The molecule has 0 saturated carbocycles. The molecule has 1 aromatic rings. The lowest BCUT2D eigenvalue weighted by Crippen LogP contribution is -2.25. The van der Waals surface area contributed by atoms with Crippen LogP contribution in [0.3, 0.4) is 0 Å². The van der Waals surface area contributed by atoms with E-state index in [4.69, 9.17) is 0 Å². The van der Waals surface area contributed by atoms with Gasteiger partial charge in [0.1, 0.15) is 0 Å². The van der Waals surface area contributed by atoms with Crippen LogP contribution in [0.5, 0.6) is 0 Å². The average Bonchev–Trinajstić information content (AvgIpc) is 2.34. The van der Waals surface area contributed by atoms with E-state index in [0.29, 0.717) is 6.04 Å². The molecule has 1 nitrogen and oxygen atoms in total. The molecule has 1 N–H and O–H groups in total. The van der Waals surface area contributed by atoms with Gasteiger partial charge in [-0.3, -0.25) is 0 Å². The molecule has 95 valence electrons. The molecule has 0 aromatic heterocycles. The fourth-order valence-electron chi connectivity index (χ4n) is 1.78. The van der Waals surface area contributed by atoms with Gasteiger partial charge in [-0.25, -0.2) is 0 Å². The summed E-state index contributed by atoms with van der Waals surface area (Å²) in [5.74, 6) is 0.773. The van der Waals surface area contributed by atoms with Gasteiger partial charge < -0.3 is 5.32 Å². The van der Waals surface area contributed by atoms with Crippen LogP contribution in [0.15, 0.2) is 18.2 Å². The smallest absolute Gasteiger partial charge is 0.0210 e. The quantitative estimate of drug-likeness (QED) is 0.750. The zero-order valence-electron chi connectivity index (χ0n) is 11.7. The highest BCUT2D eigenvalue weighted by Crippen LogP contribution is 2.14. The molecule has 0 amide bonds. The molecule has 1 atom stereocenters. The van der Waals surface area contributed by atoms with Gasteiger partial charge in [0.2, 0.25) is 0 Å². The Labute approximate surface area is 107 Å². The number of rotatable bonds is 7. The van der Waals surface area contributed by atoms with Gasteiger partial charge in [0.05, 0.1) is 0 Å². The highest BCUT2D eigenvalue weighted by molar-refractivity contribution is 5.26. The molecule has 0 fully saturated rings. The Kier molecular flexibility index (Phi) is 6.28. The predicted molar refractivity (Wildman–Crippen MR) is 75.0 cm³/mol. The summed E-state index contributed by atoms with van der Waals surface area (Å²) < 4.78 is 0. The van der Waals surface area contributed by atoms with E-state index in [2.05, 4.69) is 51.2 Å². The zero-order valence-corrected chi connectivity index (χ0v) is 11.7. The van der Waals surface area contributed by atoms with Crippen LogP contribution in [0.25, 0.3) is 0 Å². The van der Waals surface area contributed by atoms with Crippen LogP contribution < -0.4 is 5.32 Å². The van der Waals surface area contributed by atoms with E-state index < -0.39 is 0 Å². The molecule has 0 aliphatic heterocycles. The van der Waals surface area contributed by atoms with Crippen LogP contribution in [0, 0.1) is 12.0 Å². The third-order valence-corrected chi connectivity index (χ3v) is 3.30. The van der Waals surface area contributed by atoms with Gasteiger partial charge in [-0.1, -0.05) is 32.9 Å². The van der Waals surface area contributed by atoms with Gasteiger partial charge in [0.15, 0.2) is 0 Å². The topological polar surface area (TPSA) is 12.0 Å². The number of benzene rings is 1. The van der Waals surface area contributed by atoms with E-state index in [-0.39, 0.29) is 0 Å². The Hall–Kier alpha value is -0.820. The van der Waals surface area contributed by atoms with Crippen molar-refractivity contribution in [1.82, 2.24) is 5.32 Å². The van der Waals surface area contributed by atoms with Gasteiger partial charge in [-0.05, 0) is 55.4 Å². The van der Waals surface area contributed by atoms with Crippen molar-refractivity contribution in [2.75, 3.05) is 0 Å². The Balaban J connectivity index is 2.57. The minimum Gasteiger partial charge on any atom is -0.310 e. The van der Waals surface area contributed by atoms with Crippen LogP contribution in [-0.2, 0) is 13.0 Å². The van der Waals surface area contributed by atoms with Crippen molar-refractivity contribution in [3.05, 3.63) is 35.4 Å². The summed E-state index contributed by atoms with van der Waals surface area (Å²) in [6, 6.07) is 10.2. The van der Waals surface area contributed by atoms with Crippen LogP contribution in [0.2, 0.25) is 0 Å². The first-order chi connectivity index (χ1) is 8.13. The van der Waals surface area contributed by atoms with E-state index in [0.717, 1.165) is 12.5 Å². The fourth-order valence-corrected chi connectivity index (χ4v) is 1.78. The van der Waals surface area contributed by atoms with Crippen LogP contribution in [-0.4, -0.2) is 6.04 Å². The SMILES string of the molecule is CCC(C)NCc1c[c]ccc1CCC(C)C. The second-order valence-electron chi connectivity index (χ2n) is 5.32. The lowest BCUT2D eigenvalue weighted by atomic mass is 9.98. The van der Waals surface area contributed by atoms with E-state index >= 15 is 0 Å². The Morgan fingerprint density at radius 1 is 1.24 bits per heavy atom. The largest absolute Gasteiger partial charge is 0.310 e. The van der Waals surface area contributed by atoms with Crippen molar-refractivity contribution >= 4 is 0 Å². The van der Waals surface area contributed by atoms with Gasteiger partial charge in [-0.2, -0.15) is 0 Å². The first kappa shape index (κ1) is 14.2. The van der Waals surface area contributed by atoms with Gasteiger partial charge in [0.25, 0.3) is 0 Å². The summed E-state index contributed by atoms with van der Waals surface area (Å²) in [5.41, 5.74) is 2.89. The minimum absolute atomic E-state index is 0.591. The summed E-state index contributed by atoms with van der Waals surface area (Å²) in [7, 11) is 0. The highest BCUT2D eigenvalue weighted by atomic mass is 14.9. The van der Waals surface area contributed by atoms with Gasteiger partial charge in [0, 0.05) is 12.6 Å². The molecular formula is C16H26N. The molecular weight excluding hydrogens is 206 g/mol. The van der Waals surface area contributed by atoms with Crippen molar-refractivity contribution in [3.8, 4) is 0 Å². The van der Waals surface area contributed by atoms with Crippen molar-refractivity contribution < 1.29 is 0 Å². The lowest BCUT2D eigenvalue weighted by Gasteiger charge is -2.14. The van der Waals surface area contributed by atoms with E-state index in [1.54, 1.807) is 0 Å². The number of nitrogens with one attached hydrogen (secondary N) is 1. The second kappa shape index (κ2) is 7.50. The molecule has 1 aromatic carbocycles. The van der Waals surface area contributed by atoms with Crippen LogP contribution >= 0.6 is 0 Å². The van der Waals surface area contributed by atoms with Crippen molar-refractivity contribution in [1.29, 1.82) is 0 Å². The van der Waals surface area contributed by atoms with Gasteiger partial charge >= 0.3 is 0 Å². The summed E-state index contributed by atoms with van der Waals surface area (Å²) in [4.78, 5) is 0. The van der Waals surface area contributed by atoms with Crippen molar-refractivity contribution in [2.24, 2.45) is 5.92 Å². The normalized spacial score (nSPS) is 13.0. The second-order valence-corrected chi connectivity index (χ2v) is 5.32. The average molecular weight is 232 g/mol. The van der Waals surface area contributed by atoms with E-state index in [1.807, 2.05) is 6.07 Å². The van der Waals surface area contributed by atoms with Crippen LogP contribution in [0.4, 0.5) is 0 Å². The number of aryl methyl sites for hydroxylation is 1. The maximum absolute atomic E-state index is 3.56. The standard InChI is InChI=1S/C16H26N/c1-5-14(4)17-12-16-9-7-6-8-15(16)11-10-13(2)3/h6,8-9,13-14,17H,5,10-12H2,1-4H3. The van der Waals surface area contributed by atoms with E-state index in [9.17, 15) is 0 Å².